The van der Waals surface area contributed by atoms with E-state index >= 15 is 0 Å². The van der Waals surface area contributed by atoms with Crippen molar-refractivity contribution in [3.05, 3.63) is 76.0 Å². The van der Waals surface area contributed by atoms with Gasteiger partial charge in [0.1, 0.15) is 17.0 Å². The van der Waals surface area contributed by atoms with Crippen LogP contribution in [0.25, 0.3) is 11.5 Å². The van der Waals surface area contributed by atoms with Gasteiger partial charge in [-0.3, -0.25) is 9.59 Å². The van der Waals surface area contributed by atoms with Gasteiger partial charge in [0.2, 0.25) is 5.89 Å². The summed E-state index contributed by atoms with van der Waals surface area (Å²) in [5.41, 5.74) is 1.56. The monoisotopic (exact) mass is 335 g/mol. The molecule has 6 heteroatoms. The van der Waals surface area contributed by atoms with Gasteiger partial charge in [0.05, 0.1) is 6.54 Å². The number of carbonyl (C=O) groups excluding carboxylic acids is 1. The number of aryl methyl sites for hydroxylation is 1. The Morgan fingerprint density at radius 2 is 1.96 bits per heavy atom. The Balaban J connectivity index is 1.61. The third-order valence-corrected chi connectivity index (χ3v) is 4.39. The van der Waals surface area contributed by atoms with E-state index in [1.807, 2.05) is 30.3 Å². The highest BCUT2D eigenvalue weighted by Gasteiger charge is 2.27. The Bertz CT molecular complexity index is 989. The van der Waals surface area contributed by atoms with Crippen LogP contribution in [-0.2, 0) is 20.0 Å². The predicted molar refractivity (Wildman–Crippen MR) is 92.1 cm³/mol. The van der Waals surface area contributed by atoms with Crippen molar-refractivity contribution >= 4 is 5.91 Å². The SMILES string of the molecule is Cn1cccc(C(=O)N2CCc3oc(-c4ccccc4)nc3C2)c1=O. The Hall–Kier alpha value is -3.15. The van der Waals surface area contributed by atoms with E-state index in [9.17, 15) is 9.59 Å². The second-order valence-electron chi connectivity index (χ2n) is 6.07. The topological polar surface area (TPSA) is 68.3 Å². The summed E-state index contributed by atoms with van der Waals surface area (Å²) >= 11 is 0. The van der Waals surface area contributed by atoms with Crippen LogP contribution < -0.4 is 5.56 Å². The molecule has 1 aromatic carbocycles. The molecule has 1 aliphatic heterocycles. The number of carbonyl (C=O) groups is 1. The van der Waals surface area contributed by atoms with Gasteiger partial charge in [-0.2, -0.15) is 0 Å². The van der Waals surface area contributed by atoms with Gasteiger partial charge < -0.3 is 13.9 Å². The molecule has 126 valence electrons. The van der Waals surface area contributed by atoms with E-state index in [1.54, 1.807) is 30.3 Å². The molecular formula is C19H17N3O3. The quantitative estimate of drug-likeness (QED) is 0.720. The molecule has 0 aliphatic carbocycles. The summed E-state index contributed by atoms with van der Waals surface area (Å²) in [6, 6.07) is 12.9. The lowest BCUT2D eigenvalue weighted by Gasteiger charge is -2.25. The highest BCUT2D eigenvalue weighted by atomic mass is 16.4. The molecule has 0 saturated carbocycles. The molecule has 0 saturated heterocycles. The lowest BCUT2D eigenvalue weighted by Crippen LogP contribution is -2.39. The molecule has 1 aliphatic rings. The lowest BCUT2D eigenvalue weighted by atomic mass is 10.1. The maximum absolute atomic E-state index is 12.7. The molecule has 0 radical (unpaired) electrons. The van der Waals surface area contributed by atoms with E-state index in [4.69, 9.17) is 4.42 Å². The van der Waals surface area contributed by atoms with Crippen LogP contribution in [0.5, 0.6) is 0 Å². The molecule has 0 bridgehead atoms. The van der Waals surface area contributed by atoms with E-state index in [2.05, 4.69) is 4.98 Å². The average molecular weight is 335 g/mol. The van der Waals surface area contributed by atoms with Gasteiger partial charge >= 0.3 is 0 Å². The zero-order valence-corrected chi connectivity index (χ0v) is 13.8. The molecule has 0 atom stereocenters. The zero-order valence-electron chi connectivity index (χ0n) is 13.8. The molecule has 3 aromatic rings. The number of nitrogens with zero attached hydrogens (tertiary/aromatic N) is 3. The fourth-order valence-corrected chi connectivity index (χ4v) is 3.01. The molecule has 4 rings (SSSR count). The molecule has 25 heavy (non-hydrogen) atoms. The van der Waals surface area contributed by atoms with Crippen molar-refractivity contribution in [2.24, 2.45) is 7.05 Å². The van der Waals surface area contributed by atoms with Gasteiger partial charge in [0, 0.05) is 31.8 Å². The van der Waals surface area contributed by atoms with Crippen LogP contribution >= 0.6 is 0 Å². The average Bonchev–Trinajstić information content (AvgIpc) is 3.07. The van der Waals surface area contributed by atoms with Crippen LogP contribution in [0.1, 0.15) is 21.8 Å². The van der Waals surface area contributed by atoms with Crippen LogP contribution in [0.4, 0.5) is 0 Å². The van der Waals surface area contributed by atoms with Crippen molar-refractivity contribution in [1.82, 2.24) is 14.5 Å². The summed E-state index contributed by atoms with van der Waals surface area (Å²) in [7, 11) is 1.64. The number of aromatic nitrogens is 2. The lowest BCUT2D eigenvalue weighted by molar-refractivity contribution is 0.0725. The van der Waals surface area contributed by atoms with Crippen LogP contribution in [-0.4, -0.2) is 26.9 Å². The first-order valence-corrected chi connectivity index (χ1v) is 8.12. The van der Waals surface area contributed by atoms with Gasteiger partial charge in [-0.15, -0.1) is 0 Å². The van der Waals surface area contributed by atoms with Crippen molar-refractivity contribution in [3.63, 3.8) is 0 Å². The molecule has 2 aromatic heterocycles. The zero-order chi connectivity index (χ0) is 17.4. The largest absolute Gasteiger partial charge is 0.441 e. The summed E-state index contributed by atoms with van der Waals surface area (Å²) < 4.78 is 7.26. The Kier molecular flexibility index (Phi) is 3.72. The molecule has 3 heterocycles. The minimum absolute atomic E-state index is 0.181. The standard InChI is InChI=1S/C19H17N3O3/c1-21-10-5-8-14(18(21)23)19(24)22-11-9-16-15(12-22)20-17(25-16)13-6-3-2-4-7-13/h2-8,10H,9,11-12H2,1H3. The van der Waals surface area contributed by atoms with Crippen LogP contribution in [0.15, 0.2) is 57.9 Å². The van der Waals surface area contributed by atoms with Crippen molar-refractivity contribution in [3.8, 4) is 11.5 Å². The highest BCUT2D eigenvalue weighted by Crippen LogP contribution is 2.26. The molecule has 0 spiro atoms. The molecule has 0 unspecified atom stereocenters. The van der Waals surface area contributed by atoms with Crippen molar-refractivity contribution in [2.45, 2.75) is 13.0 Å². The third kappa shape index (κ3) is 2.76. The molecular weight excluding hydrogens is 318 g/mol. The van der Waals surface area contributed by atoms with Gasteiger partial charge in [0.15, 0.2) is 0 Å². The fourth-order valence-electron chi connectivity index (χ4n) is 3.01. The smallest absolute Gasteiger partial charge is 0.263 e. The van der Waals surface area contributed by atoms with E-state index < -0.39 is 0 Å². The van der Waals surface area contributed by atoms with Crippen molar-refractivity contribution in [2.75, 3.05) is 6.54 Å². The van der Waals surface area contributed by atoms with Crippen LogP contribution in [0, 0.1) is 0 Å². The first-order chi connectivity index (χ1) is 12.1. The Morgan fingerprint density at radius 1 is 1.16 bits per heavy atom. The normalized spacial score (nSPS) is 13.6. The van der Waals surface area contributed by atoms with Crippen molar-refractivity contribution < 1.29 is 9.21 Å². The third-order valence-electron chi connectivity index (χ3n) is 4.39. The molecule has 0 N–H and O–H groups in total. The second kappa shape index (κ2) is 6.05. The van der Waals surface area contributed by atoms with E-state index in [1.165, 1.54) is 4.57 Å². The number of pyridine rings is 1. The number of hydrogen-bond donors (Lipinski definition) is 0. The number of rotatable bonds is 2. The number of amides is 1. The van der Waals surface area contributed by atoms with Gasteiger partial charge in [0.25, 0.3) is 11.5 Å². The minimum atomic E-state index is -0.288. The number of fused-ring (bicyclic) bond motifs is 1. The summed E-state index contributed by atoms with van der Waals surface area (Å²) in [6.07, 6.45) is 2.23. The summed E-state index contributed by atoms with van der Waals surface area (Å²) in [4.78, 5) is 31.1. The number of hydrogen-bond acceptors (Lipinski definition) is 4. The number of benzene rings is 1. The van der Waals surface area contributed by atoms with E-state index in [0.29, 0.717) is 25.4 Å². The predicted octanol–water partition coefficient (Wildman–Crippen LogP) is 2.24. The molecule has 6 nitrogen and oxygen atoms in total. The Morgan fingerprint density at radius 3 is 2.76 bits per heavy atom. The fraction of sp³-hybridized carbons (Fsp3) is 0.211. The van der Waals surface area contributed by atoms with Crippen molar-refractivity contribution in [1.29, 1.82) is 0 Å². The summed E-state index contributed by atoms with van der Waals surface area (Å²) in [5, 5.41) is 0. The maximum Gasteiger partial charge on any atom is 0.263 e. The summed E-state index contributed by atoms with van der Waals surface area (Å²) in [5.74, 6) is 1.11. The second-order valence-corrected chi connectivity index (χ2v) is 6.07. The van der Waals surface area contributed by atoms with Crippen LogP contribution in [0.3, 0.4) is 0 Å². The van der Waals surface area contributed by atoms with Gasteiger partial charge in [-0.1, -0.05) is 18.2 Å². The Labute approximate surface area is 144 Å². The van der Waals surface area contributed by atoms with Gasteiger partial charge in [-0.25, -0.2) is 4.98 Å². The highest BCUT2D eigenvalue weighted by molar-refractivity contribution is 5.93. The minimum Gasteiger partial charge on any atom is -0.441 e. The molecule has 1 amide bonds. The summed E-state index contributed by atoms with van der Waals surface area (Å²) in [6.45, 7) is 0.857. The molecule has 0 fully saturated rings. The first kappa shape index (κ1) is 15.4. The van der Waals surface area contributed by atoms with E-state index in [-0.39, 0.29) is 17.0 Å². The van der Waals surface area contributed by atoms with Crippen LogP contribution in [0.2, 0.25) is 0 Å². The maximum atomic E-state index is 12.7. The first-order valence-electron chi connectivity index (χ1n) is 8.12. The van der Waals surface area contributed by atoms with E-state index in [0.717, 1.165) is 17.0 Å². The van der Waals surface area contributed by atoms with Gasteiger partial charge in [-0.05, 0) is 24.3 Å². The number of oxazole rings is 1.